The first-order chi connectivity index (χ1) is 13.9. The molecule has 10 heteroatoms. The van der Waals surface area contributed by atoms with E-state index in [9.17, 15) is 13.2 Å². The van der Waals surface area contributed by atoms with Crippen molar-refractivity contribution >= 4 is 21.9 Å². The quantitative estimate of drug-likeness (QED) is 0.679. The van der Waals surface area contributed by atoms with Gasteiger partial charge in [-0.1, -0.05) is 12.0 Å². The van der Waals surface area contributed by atoms with Crippen LogP contribution >= 0.6 is 0 Å². The topological polar surface area (TPSA) is 119 Å². The monoisotopic (exact) mass is 416 g/mol. The van der Waals surface area contributed by atoms with Crippen LogP contribution in [-0.4, -0.2) is 41.9 Å². The Balaban J connectivity index is 1.45. The summed E-state index contributed by atoms with van der Waals surface area (Å²) in [5, 5.41) is 10.0. The predicted molar refractivity (Wildman–Crippen MR) is 104 cm³/mol. The minimum Gasteiger partial charge on any atom is -0.459 e. The van der Waals surface area contributed by atoms with Gasteiger partial charge in [0.15, 0.2) is 5.76 Å². The SMILES string of the molecule is C[C@@H]1CCCN(S(=O)(=O)c2ccc(C(=O)Nc3nnc(-c4ccco4)o3)cc2)C1. The van der Waals surface area contributed by atoms with Gasteiger partial charge in [-0.2, -0.15) is 4.31 Å². The average Bonchev–Trinajstić information content (AvgIpc) is 3.40. The molecule has 0 bridgehead atoms. The number of amides is 1. The minimum atomic E-state index is -3.57. The summed E-state index contributed by atoms with van der Waals surface area (Å²) in [6, 6.07) is 9.04. The lowest BCUT2D eigenvalue weighted by Gasteiger charge is -2.30. The molecule has 0 radical (unpaired) electrons. The molecule has 1 atom stereocenters. The van der Waals surface area contributed by atoms with Crippen LogP contribution in [0, 0.1) is 5.92 Å². The number of aromatic nitrogens is 2. The molecule has 152 valence electrons. The van der Waals surface area contributed by atoms with Crippen LogP contribution in [0.3, 0.4) is 0 Å². The standard InChI is InChI=1S/C19H20N4O5S/c1-13-4-2-10-23(12-13)29(25,26)15-8-6-14(7-9-15)17(24)20-19-22-21-18(28-19)16-5-3-11-27-16/h3,5-9,11,13H,2,4,10,12H2,1H3,(H,20,22,24)/t13-/m1/s1. The zero-order valence-corrected chi connectivity index (χ0v) is 16.6. The molecule has 1 amide bonds. The number of anilines is 1. The van der Waals surface area contributed by atoms with E-state index in [0.717, 1.165) is 12.8 Å². The van der Waals surface area contributed by atoms with Crippen molar-refractivity contribution in [3.63, 3.8) is 0 Å². The number of hydrogen-bond donors (Lipinski definition) is 1. The zero-order chi connectivity index (χ0) is 20.4. The van der Waals surface area contributed by atoms with Crippen molar-refractivity contribution in [3.8, 4) is 11.7 Å². The number of carbonyl (C=O) groups is 1. The fraction of sp³-hybridized carbons (Fsp3) is 0.316. The largest absolute Gasteiger partial charge is 0.459 e. The molecule has 2 aromatic heterocycles. The molecule has 3 heterocycles. The number of rotatable bonds is 5. The second-order valence-electron chi connectivity index (χ2n) is 6.98. The van der Waals surface area contributed by atoms with Crippen molar-refractivity contribution in [3.05, 3.63) is 48.2 Å². The van der Waals surface area contributed by atoms with Gasteiger partial charge < -0.3 is 8.83 Å². The second-order valence-corrected chi connectivity index (χ2v) is 8.92. The molecule has 9 nitrogen and oxygen atoms in total. The molecule has 1 fully saturated rings. The molecular weight excluding hydrogens is 396 g/mol. The maximum atomic E-state index is 12.8. The van der Waals surface area contributed by atoms with Crippen LogP contribution in [0.1, 0.15) is 30.1 Å². The Morgan fingerprint density at radius 2 is 2.00 bits per heavy atom. The molecule has 0 aliphatic carbocycles. The number of benzene rings is 1. The summed E-state index contributed by atoms with van der Waals surface area (Å²) in [7, 11) is -3.57. The Hall–Kier alpha value is -2.98. The van der Waals surface area contributed by atoms with Crippen molar-refractivity contribution in [2.24, 2.45) is 5.92 Å². The molecule has 0 saturated carbocycles. The van der Waals surface area contributed by atoms with Crippen molar-refractivity contribution in [1.29, 1.82) is 0 Å². The van der Waals surface area contributed by atoms with Crippen LogP contribution in [0.5, 0.6) is 0 Å². The van der Waals surface area contributed by atoms with Gasteiger partial charge in [-0.3, -0.25) is 10.1 Å². The minimum absolute atomic E-state index is 0.0830. The third-order valence-corrected chi connectivity index (χ3v) is 6.63. The highest BCUT2D eigenvalue weighted by Gasteiger charge is 2.28. The molecular formula is C19H20N4O5S. The summed E-state index contributed by atoms with van der Waals surface area (Å²) in [6.07, 6.45) is 3.35. The molecule has 1 saturated heterocycles. The van der Waals surface area contributed by atoms with Crippen LogP contribution in [0.25, 0.3) is 11.7 Å². The van der Waals surface area contributed by atoms with Gasteiger partial charge in [-0.05, 0) is 55.2 Å². The zero-order valence-electron chi connectivity index (χ0n) is 15.7. The summed E-state index contributed by atoms with van der Waals surface area (Å²) in [5.41, 5.74) is 0.272. The number of nitrogens with one attached hydrogen (secondary N) is 1. The van der Waals surface area contributed by atoms with E-state index in [4.69, 9.17) is 8.83 Å². The molecule has 1 N–H and O–H groups in total. The molecule has 1 aliphatic rings. The number of sulfonamides is 1. The van der Waals surface area contributed by atoms with E-state index >= 15 is 0 Å². The molecule has 0 unspecified atom stereocenters. The predicted octanol–water partition coefficient (Wildman–Crippen LogP) is 3.00. The molecule has 0 spiro atoms. The lowest BCUT2D eigenvalue weighted by atomic mass is 10.0. The smallest absolute Gasteiger partial charge is 0.322 e. The van der Waals surface area contributed by atoms with E-state index in [2.05, 4.69) is 15.5 Å². The van der Waals surface area contributed by atoms with Crippen LogP contribution < -0.4 is 5.32 Å². The Morgan fingerprint density at radius 3 is 2.69 bits per heavy atom. The van der Waals surface area contributed by atoms with E-state index in [-0.39, 0.29) is 22.4 Å². The van der Waals surface area contributed by atoms with E-state index < -0.39 is 15.9 Å². The normalized spacial score (nSPS) is 17.9. The van der Waals surface area contributed by atoms with Crippen LogP contribution in [-0.2, 0) is 10.0 Å². The summed E-state index contributed by atoms with van der Waals surface area (Å²) in [6.45, 7) is 3.08. The maximum Gasteiger partial charge on any atom is 0.322 e. The fourth-order valence-electron chi connectivity index (χ4n) is 3.23. The van der Waals surface area contributed by atoms with Crippen molar-refractivity contribution < 1.29 is 22.0 Å². The number of carbonyl (C=O) groups excluding carboxylic acids is 1. The number of piperidine rings is 1. The fourth-order valence-corrected chi connectivity index (χ4v) is 4.83. The van der Waals surface area contributed by atoms with E-state index in [1.165, 1.54) is 34.8 Å². The van der Waals surface area contributed by atoms with Crippen LogP contribution in [0.4, 0.5) is 6.01 Å². The van der Waals surface area contributed by atoms with Gasteiger partial charge in [0.2, 0.25) is 10.0 Å². The average molecular weight is 416 g/mol. The third kappa shape index (κ3) is 4.08. The Morgan fingerprint density at radius 1 is 1.21 bits per heavy atom. The Kier molecular flexibility index (Phi) is 5.20. The first-order valence-electron chi connectivity index (χ1n) is 9.22. The van der Waals surface area contributed by atoms with Gasteiger partial charge in [-0.25, -0.2) is 8.42 Å². The summed E-state index contributed by atoms with van der Waals surface area (Å²) in [5.74, 6) is 0.376. The van der Waals surface area contributed by atoms with Gasteiger partial charge in [0.1, 0.15) is 0 Å². The van der Waals surface area contributed by atoms with Gasteiger partial charge in [0, 0.05) is 18.7 Å². The summed E-state index contributed by atoms with van der Waals surface area (Å²) < 4.78 is 37.6. The first kappa shape index (κ1) is 19.3. The van der Waals surface area contributed by atoms with Crippen molar-refractivity contribution in [2.45, 2.75) is 24.7 Å². The molecule has 3 aromatic rings. The lowest BCUT2D eigenvalue weighted by Crippen LogP contribution is -2.39. The number of nitrogens with zero attached hydrogens (tertiary/aromatic N) is 3. The van der Waals surface area contributed by atoms with E-state index in [0.29, 0.717) is 24.8 Å². The van der Waals surface area contributed by atoms with Gasteiger partial charge in [0.05, 0.1) is 11.2 Å². The summed E-state index contributed by atoms with van der Waals surface area (Å²) >= 11 is 0. The first-order valence-corrected chi connectivity index (χ1v) is 10.7. The Bertz CT molecular complexity index is 1090. The molecule has 4 rings (SSSR count). The Labute approximate surface area is 167 Å². The third-order valence-electron chi connectivity index (χ3n) is 4.75. The van der Waals surface area contributed by atoms with Gasteiger partial charge >= 0.3 is 6.01 Å². The lowest BCUT2D eigenvalue weighted by molar-refractivity contribution is 0.102. The highest BCUT2D eigenvalue weighted by atomic mass is 32.2. The number of hydrogen-bond acceptors (Lipinski definition) is 7. The van der Waals surface area contributed by atoms with Gasteiger partial charge in [0.25, 0.3) is 11.8 Å². The van der Waals surface area contributed by atoms with Crippen LogP contribution in [0.15, 0.2) is 56.4 Å². The maximum absolute atomic E-state index is 12.8. The molecule has 29 heavy (non-hydrogen) atoms. The highest BCUT2D eigenvalue weighted by molar-refractivity contribution is 7.89. The number of furan rings is 1. The highest BCUT2D eigenvalue weighted by Crippen LogP contribution is 2.24. The molecule has 1 aromatic carbocycles. The summed E-state index contributed by atoms with van der Waals surface area (Å²) in [4.78, 5) is 12.6. The van der Waals surface area contributed by atoms with E-state index in [1.54, 1.807) is 12.1 Å². The van der Waals surface area contributed by atoms with Crippen molar-refractivity contribution in [1.82, 2.24) is 14.5 Å². The van der Waals surface area contributed by atoms with Crippen LogP contribution in [0.2, 0.25) is 0 Å². The van der Waals surface area contributed by atoms with Gasteiger partial charge in [-0.15, -0.1) is 5.10 Å². The second kappa shape index (κ2) is 7.80. The molecule has 1 aliphatic heterocycles. The van der Waals surface area contributed by atoms with E-state index in [1.807, 2.05) is 6.92 Å². The van der Waals surface area contributed by atoms with Crippen molar-refractivity contribution in [2.75, 3.05) is 18.4 Å².